The monoisotopic (exact) mass is 513 g/mol. The molecular formula is C22H25ClFN3O6S. The Bertz CT molecular complexity index is 1220. The number of ether oxygens (including phenoxy) is 2. The molecule has 0 saturated heterocycles. The molecular weight excluding hydrogens is 489 g/mol. The highest BCUT2D eigenvalue weighted by Gasteiger charge is 2.36. The van der Waals surface area contributed by atoms with E-state index in [0.29, 0.717) is 0 Å². The van der Waals surface area contributed by atoms with E-state index < -0.39 is 33.6 Å². The lowest BCUT2D eigenvalue weighted by Crippen LogP contribution is -2.45. The summed E-state index contributed by atoms with van der Waals surface area (Å²) in [6, 6.07) is 7.49. The van der Waals surface area contributed by atoms with E-state index in [1.54, 1.807) is 20.8 Å². The van der Waals surface area contributed by atoms with Gasteiger partial charge in [-0.25, -0.2) is 17.6 Å². The third-order valence-electron chi connectivity index (χ3n) is 4.71. The summed E-state index contributed by atoms with van der Waals surface area (Å²) in [5.41, 5.74) is -0.341. The Balaban J connectivity index is 2.02. The molecule has 0 aromatic heterocycles. The number of amides is 2. The zero-order valence-electron chi connectivity index (χ0n) is 19.0. The largest absolute Gasteiger partial charge is 0.486 e. The Kier molecular flexibility index (Phi) is 7.27. The summed E-state index contributed by atoms with van der Waals surface area (Å²) in [7, 11) is -2.78. The Labute approximate surface area is 202 Å². The van der Waals surface area contributed by atoms with Crippen molar-refractivity contribution < 1.29 is 31.9 Å². The maximum Gasteiger partial charge on any atom is 0.412 e. The summed E-state index contributed by atoms with van der Waals surface area (Å²) in [5.74, 6) is -0.908. The summed E-state index contributed by atoms with van der Waals surface area (Å²) in [6.45, 7) is 4.93. The highest BCUT2D eigenvalue weighted by molar-refractivity contribution is 7.92. The average Bonchev–Trinajstić information content (AvgIpc) is 2.73. The van der Waals surface area contributed by atoms with Gasteiger partial charge < -0.3 is 14.8 Å². The highest BCUT2D eigenvalue weighted by atomic mass is 35.5. The molecule has 0 saturated carbocycles. The zero-order chi connectivity index (χ0) is 25.3. The lowest BCUT2D eigenvalue weighted by atomic mass is 10.1. The topological polar surface area (TPSA) is 114 Å². The SMILES string of the molecule is CNC(=O)C[C@H]1CN(S(=O)(=O)c2ccc(F)c(Cl)c2)c2cc(NC(=O)OC(C)(C)C)ccc2O1. The molecule has 2 N–H and O–H groups in total. The summed E-state index contributed by atoms with van der Waals surface area (Å²) < 4.78 is 52.8. The molecule has 0 bridgehead atoms. The van der Waals surface area contributed by atoms with Crippen LogP contribution < -0.4 is 19.7 Å². The Hall–Kier alpha value is -3.05. The molecule has 1 heterocycles. The molecule has 2 amide bonds. The molecule has 1 aliphatic heterocycles. The number of carbonyl (C=O) groups is 2. The number of sulfonamides is 1. The third kappa shape index (κ3) is 5.89. The Morgan fingerprint density at radius 1 is 1.24 bits per heavy atom. The van der Waals surface area contributed by atoms with Gasteiger partial charge in [0.2, 0.25) is 5.91 Å². The minimum atomic E-state index is -4.24. The van der Waals surface area contributed by atoms with Gasteiger partial charge in [-0.1, -0.05) is 11.6 Å². The number of halogens is 2. The molecule has 2 aromatic rings. The molecule has 1 atom stereocenters. The number of rotatable bonds is 5. The molecule has 1 aliphatic rings. The van der Waals surface area contributed by atoms with Gasteiger partial charge >= 0.3 is 6.09 Å². The van der Waals surface area contributed by atoms with E-state index in [4.69, 9.17) is 21.1 Å². The van der Waals surface area contributed by atoms with Crippen LogP contribution in [0.3, 0.4) is 0 Å². The number of anilines is 2. The zero-order valence-corrected chi connectivity index (χ0v) is 20.6. The predicted octanol–water partition coefficient (Wildman–Crippen LogP) is 3.92. The number of benzene rings is 2. The lowest BCUT2D eigenvalue weighted by Gasteiger charge is -2.35. The minimum absolute atomic E-state index is 0.0932. The maximum atomic E-state index is 13.6. The summed E-state index contributed by atoms with van der Waals surface area (Å²) >= 11 is 5.81. The number of nitrogens with zero attached hydrogens (tertiary/aromatic N) is 1. The Morgan fingerprint density at radius 2 is 1.94 bits per heavy atom. The molecule has 12 heteroatoms. The Morgan fingerprint density at radius 3 is 2.56 bits per heavy atom. The fourth-order valence-corrected chi connectivity index (χ4v) is 4.99. The first-order valence-corrected chi connectivity index (χ1v) is 12.1. The summed E-state index contributed by atoms with van der Waals surface area (Å²) in [4.78, 5) is 23.9. The molecule has 0 aliphatic carbocycles. The maximum absolute atomic E-state index is 13.6. The molecule has 0 fully saturated rings. The van der Waals surface area contributed by atoms with E-state index in [-0.39, 0.29) is 45.9 Å². The van der Waals surface area contributed by atoms with Crippen molar-refractivity contribution in [2.24, 2.45) is 0 Å². The summed E-state index contributed by atoms with van der Waals surface area (Å²) in [5, 5.41) is 4.68. The van der Waals surface area contributed by atoms with Crippen molar-refractivity contribution in [3.05, 3.63) is 47.2 Å². The molecule has 2 aromatic carbocycles. The van der Waals surface area contributed by atoms with Gasteiger partial charge in [0.15, 0.2) is 0 Å². The van der Waals surface area contributed by atoms with Crippen molar-refractivity contribution in [1.82, 2.24) is 5.32 Å². The smallest absolute Gasteiger partial charge is 0.412 e. The van der Waals surface area contributed by atoms with Crippen LogP contribution in [0.4, 0.5) is 20.6 Å². The molecule has 9 nitrogen and oxygen atoms in total. The first-order valence-electron chi connectivity index (χ1n) is 10.3. The van der Waals surface area contributed by atoms with Gasteiger partial charge in [0.1, 0.15) is 23.3 Å². The number of nitrogens with one attached hydrogen (secondary N) is 2. The lowest BCUT2D eigenvalue weighted by molar-refractivity contribution is -0.122. The molecule has 34 heavy (non-hydrogen) atoms. The summed E-state index contributed by atoms with van der Waals surface area (Å²) in [6.07, 6.45) is -1.60. The van der Waals surface area contributed by atoms with Crippen LogP contribution in [0.2, 0.25) is 5.02 Å². The minimum Gasteiger partial charge on any atom is -0.486 e. The van der Waals surface area contributed by atoms with Crippen LogP contribution in [0.25, 0.3) is 0 Å². The first-order chi connectivity index (χ1) is 15.8. The molecule has 3 rings (SSSR count). The van der Waals surface area contributed by atoms with Gasteiger partial charge in [-0.15, -0.1) is 0 Å². The second-order valence-corrected chi connectivity index (χ2v) is 10.8. The van der Waals surface area contributed by atoms with E-state index in [1.165, 1.54) is 25.2 Å². The van der Waals surface area contributed by atoms with Crippen LogP contribution in [0.15, 0.2) is 41.3 Å². The van der Waals surface area contributed by atoms with Gasteiger partial charge in [0.05, 0.1) is 28.6 Å². The second-order valence-electron chi connectivity index (χ2n) is 8.54. The normalized spacial score (nSPS) is 15.7. The van der Waals surface area contributed by atoms with Crippen molar-refractivity contribution in [2.75, 3.05) is 23.2 Å². The van der Waals surface area contributed by atoms with Crippen LogP contribution in [-0.4, -0.2) is 45.7 Å². The number of carbonyl (C=O) groups excluding carboxylic acids is 2. The van der Waals surface area contributed by atoms with E-state index in [1.807, 2.05) is 0 Å². The number of fused-ring (bicyclic) bond motifs is 1. The standard InChI is InChI=1S/C22H25ClFN3O6S/c1-22(2,3)33-21(29)26-13-5-8-19-18(9-13)27(12-14(32-19)10-20(28)25-4)34(30,31)15-6-7-17(24)16(23)11-15/h5-9,11,14H,10,12H2,1-4H3,(H,25,28)(H,26,29)/t14-/m0/s1. The van der Waals surface area contributed by atoms with Gasteiger partial charge in [-0.05, 0) is 57.2 Å². The van der Waals surface area contributed by atoms with Gasteiger partial charge in [-0.3, -0.25) is 14.4 Å². The van der Waals surface area contributed by atoms with Gasteiger partial charge in [-0.2, -0.15) is 0 Å². The van der Waals surface area contributed by atoms with Crippen LogP contribution in [0.5, 0.6) is 5.75 Å². The van der Waals surface area contributed by atoms with Crippen molar-refractivity contribution in [2.45, 2.75) is 43.8 Å². The van der Waals surface area contributed by atoms with E-state index >= 15 is 0 Å². The van der Waals surface area contributed by atoms with Gasteiger partial charge in [0, 0.05) is 12.7 Å². The van der Waals surface area contributed by atoms with E-state index in [0.717, 1.165) is 22.5 Å². The predicted molar refractivity (Wildman–Crippen MR) is 125 cm³/mol. The molecule has 0 radical (unpaired) electrons. The number of hydrogen-bond donors (Lipinski definition) is 2. The van der Waals surface area contributed by atoms with Crippen LogP contribution in [0.1, 0.15) is 27.2 Å². The quantitative estimate of drug-likeness (QED) is 0.626. The van der Waals surface area contributed by atoms with Crippen LogP contribution >= 0.6 is 11.6 Å². The number of hydrogen-bond acceptors (Lipinski definition) is 6. The van der Waals surface area contributed by atoms with Gasteiger partial charge in [0.25, 0.3) is 10.0 Å². The molecule has 0 spiro atoms. The van der Waals surface area contributed by atoms with Crippen LogP contribution in [0, 0.1) is 5.82 Å². The van der Waals surface area contributed by atoms with Crippen molar-refractivity contribution in [3.63, 3.8) is 0 Å². The van der Waals surface area contributed by atoms with E-state index in [2.05, 4.69) is 10.6 Å². The fraction of sp³-hybridized carbons (Fsp3) is 0.364. The highest BCUT2D eigenvalue weighted by Crippen LogP contribution is 2.40. The van der Waals surface area contributed by atoms with Crippen LogP contribution in [-0.2, 0) is 19.6 Å². The van der Waals surface area contributed by atoms with Crippen molar-refractivity contribution in [3.8, 4) is 5.75 Å². The average molecular weight is 514 g/mol. The second kappa shape index (κ2) is 9.67. The third-order valence-corrected chi connectivity index (χ3v) is 6.77. The fourth-order valence-electron chi connectivity index (χ4n) is 3.22. The van der Waals surface area contributed by atoms with Crippen molar-refractivity contribution >= 4 is 45.0 Å². The van der Waals surface area contributed by atoms with Crippen molar-refractivity contribution in [1.29, 1.82) is 0 Å². The molecule has 0 unspecified atom stereocenters. The van der Waals surface area contributed by atoms with E-state index in [9.17, 15) is 22.4 Å². The first kappa shape index (κ1) is 25.6. The molecule has 184 valence electrons.